The minimum atomic E-state index is -4.85. The summed E-state index contributed by atoms with van der Waals surface area (Å²) in [6.07, 6.45) is -4.85. The summed E-state index contributed by atoms with van der Waals surface area (Å²) in [7, 11) is 0. The van der Waals surface area contributed by atoms with Crippen molar-refractivity contribution in [3.63, 3.8) is 0 Å². The Morgan fingerprint density at radius 1 is 1.06 bits per heavy atom. The number of hydrogen-bond donors (Lipinski definition) is 0. The molecule has 1 aromatic carbocycles. The molecule has 84 valence electrons. The molecule has 0 radical (unpaired) electrons. The van der Waals surface area contributed by atoms with Gasteiger partial charge in [-0.1, -0.05) is 18.2 Å². The SMILES string of the molecule is Fc1oc(-c2ccccc2)nc1C(F)(F)F. The Balaban J connectivity index is 2.47. The molecule has 2 aromatic rings. The van der Waals surface area contributed by atoms with E-state index in [2.05, 4.69) is 9.40 Å². The molecule has 0 amide bonds. The second-order valence-electron chi connectivity index (χ2n) is 3.01. The summed E-state index contributed by atoms with van der Waals surface area (Å²) < 4.78 is 53.8. The molecule has 0 saturated heterocycles. The quantitative estimate of drug-likeness (QED) is 0.702. The Morgan fingerprint density at radius 3 is 2.19 bits per heavy atom. The highest BCUT2D eigenvalue weighted by Gasteiger charge is 2.39. The maximum absolute atomic E-state index is 12.8. The minimum Gasteiger partial charge on any atom is -0.410 e. The average Bonchev–Trinajstić information content (AvgIpc) is 2.61. The monoisotopic (exact) mass is 231 g/mol. The Labute approximate surface area is 87.5 Å². The minimum absolute atomic E-state index is 0.289. The average molecular weight is 231 g/mol. The van der Waals surface area contributed by atoms with Gasteiger partial charge in [-0.3, -0.25) is 0 Å². The summed E-state index contributed by atoms with van der Waals surface area (Å²) in [5, 5.41) is 0. The van der Waals surface area contributed by atoms with Crippen LogP contribution in [0, 0.1) is 6.01 Å². The Morgan fingerprint density at radius 2 is 1.69 bits per heavy atom. The molecular weight excluding hydrogens is 226 g/mol. The summed E-state index contributed by atoms with van der Waals surface area (Å²) in [5.74, 6) is -0.384. The normalized spacial score (nSPS) is 11.8. The first-order valence-electron chi connectivity index (χ1n) is 4.27. The first-order valence-corrected chi connectivity index (χ1v) is 4.27. The highest BCUT2D eigenvalue weighted by atomic mass is 19.4. The second-order valence-corrected chi connectivity index (χ2v) is 3.01. The van der Waals surface area contributed by atoms with Crippen LogP contribution >= 0.6 is 0 Å². The van der Waals surface area contributed by atoms with Crippen LogP contribution < -0.4 is 0 Å². The number of benzene rings is 1. The Hall–Kier alpha value is -1.85. The van der Waals surface area contributed by atoms with Crippen molar-refractivity contribution in [2.45, 2.75) is 6.18 Å². The molecule has 0 aliphatic rings. The largest absolute Gasteiger partial charge is 0.439 e. The molecule has 0 unspecified atom stereocenters. The first-order chi connectivity index (χ1) is 7.48. The summed E-state index contributed by atoms with van der Waals surface area (Å²) in [6.45, 7) is 0. The molecule has 0 saturated carbocycles. The summed E-state index contributed by atoms with van der Waals surface area (Å²) in [5.41, 5.74) is -1.34. The van der Waals surface area contributed by atoms with Gasteiger partial charge in [-0.25, -0.2) is 4.98 Å². The molecule has 0 aliphatic carbocycles. The molecule has 2 nitrogen and oxygen atoms in total. The molecule has 1 heterocycles. The van der Waals surface area contributed by atoms with Crippen LogP contribution in [0.15, 0.2) is 34.7 Å². The molecule has 0 fully saturated rings. The summed E-state index contributed by atoms with van der Waals surface area (Å²) >= 11 is 0. The maximum Gasteiger partial charge on any atom is 0.439 e. The van der Waals surface area contributed by atoms with Crippen molar-refractivity contribution in [1.29, 1.82) is 0 Å². The lowest BCUT2D eigenvalue weighted by molar-refractivity contribution is -0.144. The third kappa shape index (κ3) is 1.91. The molecule has 16 heavy (non-hydrogen) atoms. The van der Waals surface area contributed by atoms with Crippen LogP contribution in [-0.2, 0) is 6.18 Å². The van der Waals surface area contributed by atoms with Gasteiger partial charge in [0.1, 0.15) is 0 Å². The third-order valence-corrected chi connectivity index (χ3v) is 1.88. The van der Waals surface area contributed by atoms with E-state index in [1.807, 2.05) is 0 Å². The van der Waals surface area contributed by atoms with Crippen molar-refractivity contribution < 1.29 is 22.0 Å². The van der Waals surface area contributed by atoms with Gasteiger partial charge in [0.2, 0.25) is 11.6 Å². The molecule has 6 heteroatoms. The van der Waals surface area contributed by atoms with Crippen LogP contribution in [0.5, 0.6) is 0 Å². The number of alkyl halides is 3. The number of nitrogens with zero attached hydrogens (tertiary/aromatic N) is 1. The molecule has 1 aromatic heterocycles. The van der Waals surface area contributed by atoms with E-state index in [9.17, 15) is 17.6 Å². The molecule has 0 atom stereocenters. The Kier molecular flexibility index (Phi) is 2.41. The van der Waals surface area contributed by atoms with Crippen LogP contribution in [0.4, 0.5) is 17.6 Å². The van der Waals surface area contributed by atoms with E-state index < -0.39 is 17.9 Å². The fourth-order valence-electron chi connectivity index (χ4n) is 1.18. The van der Waals surface area contributed by atoms with Crippen LogP contribution in [0.2, 0.25) is 0 Å². The van der Waals surface area contributed by atoms with Gasteiger partial charge in [0.15, 0.2) is 0 Å². The van der Waals surface area contributed by atoms with E-state index >= 15 is 0 Å². The standard InChI is InChI=1S/C10H5F4NO/c11-8-7(10(12,13)14)15-9(16-8)6-4-2-1-3-5-6/h1-5H. The van der Waals surface area contributed by atoms with E-state index in [0.717, 1.165) is 0 Å². The van der Waals surface area contributed by atoms with Crippen LogP contribution in [-0.4, -0.2) is 4.98 Å². The van der Waals surface area contributed by atoms with Crippen molar-refractivity contribution in [2.24, 2.45) is 0 Å². The smallest absolute Gasteiger partial charge is 0.410 e. The number of halogens is 4. The Bertz CT molecular complexity index is 489. The number of oxazole rings is 1. The van der Waals surface area contributed by atoms with Crippen molar-refractivity contribution >= 4 is 0 Å². The molecule has 0 aliphatic heterocycles. The van der Waals surface area contributed by atoms with Crippen LogP contribution in [0.1, 0.15) is 5.69 Å². The zero-order chi connectivity index (χ0) is 11.8. The molecule has 0 N–H and O–H groups in total. The summed E-state index contributed by atoms with van der Waals surface area (Å²) in [4.78, 5) is 3.08. The van der Waals surface area contributed by atoms with Crippen molar-refractivity contribution in [3.05, 3.63) is 42.0 Å². The predicted molar refractivity (Wildman–Crippen MR) is 46.9 cm³/mol. The predicted octanol–water partition coefficient (Wildman–Crippen LogP) is 3.50. The third-order valence-electron chi connectivity index (χ3n) is 1.88. The van der Waals surface area contributed by atoms with E-state index in [0.29, 0.717) is 0 Å². The maximum atomic E-state index is 12.8. The fraction of sp³-hybridized carbons (Fsp3) is 0.100. The first kappa shape index (κ1) is 10.7. The zero-order valence-electron chi connectivity index (χ0n) is 7.75. The lowest BCUT2D eigenvalue weighted by Crippen LogP contribution is -2.07. The van der Waals surface area contributed by atoms with Crippen molar-refractivity contribution in [3.8, 4) is 11.5 Å². The van der Waals surface area contributed by atoms with E-state index in [-0.39, 0.29) is 11.5 Å². The number of rotatable bonds is 1. The van der Waals surface area contributed by atoms with Crippen LogP contribution in [0.3, 0.4) is 0 Å². The lowest BCUT2D eigenvalue weighted by Gasteiger charge is -1.98. The van der Waals surface area contributed by atoms with Gasteiger partial charge in [-0.15, -0.1) is 0 Å². The highest BCUT2D eigenvalue weighted by Crippen LogP contribution is 2.33. The van der Waals surface area contributed by atoms with E-state index in [1.165, 1.54) is 12.1 Å². The number of hydrogen-bond acceptors (Lipinski definition) is 2. The lowest BCUT2D eigenvalue weighted by atomic mass is 10.2. The van der Waals surface area contributed by atoms with Gasteiger partial charge in [0.05, 0.1) is 0 Å². The highest BCUT2D eigenvalue weighted by molar-refractivity contribution is 5.52. The van der Waals surface area contributed by atoms with Gasteiger partial charge in [-0.05, 0) is 12.1 Å². The van der Waals surface area contributed by atoms with Gasteiger partial charge in [-0.2, -0.15) is 17.6 Å². The van der Waals surface area contributed by atoms with Crippen LogP contribution in [0.25, 0.3) is 11.5 Å². The van der Waals surface area contributed by atoms with E-state index in [4.69, 9.17) is 0 Å². The molecular formula is C10H5F4NO. The van der Waals surface area contributed by atoms with Crippen molar-refractivity contribution in [1.82, 2.24) is 4.98 Å². The fourth-order valence-corrected chi connectivity index (χ4v) is 1.18. The van der Waals surface area contributed by atoms with Gasteiger partial charge in [0, 0.05) is 5.56 Å². The van der Waals surface area contributed by atoms with Gasteiger partial charge >= 0.3 is 12.2 Å². The number of aromatic nitrogens is 1. The van der Waals surface area contributed by atoms with E-state index in [1.54, 1.807) is 18.2 Å². The summed E-state index contributed by atoms with van der Waals surface area (Å²) in [6, 6.07) is 6.09. The van der Waals surface area contributed by atoms with Gasteiger partial charge < -0.3 is 4.42 Å². The topological polar surface area (TPSA) is 26.0 Å². The zero-order valence-corrected chi connectivity index (χ0v) is 7.75. The molecule has 2 rings (SSSR count). The second kappa shape index (κ2) is 3.62. The molecule has 0 spiro atoms. The molecule has 0 bridgehead atoms. The van der Waals surface area contributed by atoms with Crippen molar-refractivity contribution in [2.75, 3.05) is 0 Å². The van der Waals surface area contributed by atoms with Gasteiger partial charge in [0.25, 0.3) is 0 Å².